The molecule has 0 bridgehead atoms. The average molecular weight is 478 g/mol. The number of likely N-dealkylation sites (N-methyl/N-ethyl adjacent to an activating group) is 1. The number of carbonyl (C=O) groups excluding carboxylic acids is 2. The van der Waals surface area contributed by atoms with Gasteiger partial charge in [0.15, 0.2) is 0 Å². The lowest BCUT2D eigenvalue weighted by molar-refractivity contribution is -0.140. The highest BCUT2D eigenvalue weighted by molar-refractivity contribution is 5.97. The third-order valence-corrected chi connectivity index (χ3v) is 5.31. The quantitative estimate of drug-likeness (QED) is 0.271. The lowest BCUT2D eigenvalue weighted by atomic mass is 10.1. The van der Waals surface area contributed by atoms with E-state index in [2.05, 4.69) is 20.6 Å². The fourth-order valence-corrected chi connectivity index (χ4v) is 3.37. The van der Waals surface area contributed by atoms with Crippen LogP contribution in [0, 0.1) is 0 Å². The first-order valence-electron chi connectivity index (χ1n) is 10.2. The second kappa shape index (κ2) is 9.97. The SMILES string of the molecule is CN1C(=O)c2nc(N)nc(=O)n2C[C@@H]1CNc1ccc(C(=O)N[13C@@H]([13CH2][13CH2][13C](=O)O)[13C](=O)O)cc1. The van der Waals surface area contributed by atoms with Gasteiger partial charge < -0.3 is 31.5 Å². The first-order chi connectivity index (χ1) is 16.1. The second-order valence-electron chi connectivity index (χ2n) is 7.62. The van der Waals surface area contributed by atoms with Crippen LogP contribution in [-0.4, -0.2) is 79.1 Å². The van der Waals surface area contributed by atoms with Crippen molar-refractivity contribution in [1.29, 1.82) is 0 Å². The Morgan fingerprint density at radius 3 is 2.47 bits per heavy atom. The maximum Gasteiger partial charge on any atom is 0.352 e. The Kier molecular flexibility index (Phi) is 7.09. The lowest BCUT2D eigenvalue weighted by Crippen LogP contribution is -2.52. The first-order valence-corrected chi connectivity index (χ1v) is 10.2. The third-order valence-electron chi connectivity index (χ3n) is 5.31. The molecule has 0 saturated carbocycles. The molecule has 0 unspecified atom stereocenters. The van der Waals surface area contributed by atoms with Gasteiger partial charge in [-0.3, -0.25) is 19.0 Å². The monoisotopic (exact) mass is 478 g/mol. The summed E-state index contributed by atoms with van der Waals surface area (Å²) in [6, 6.07) is 4.41. The maximum absolute atomic E-state index is 12.6. The number of benzene rings is 1. The predicted molar refractivity (Wildman–Crippen MR) is 117 cm³/mol. The molecule has 1 aliphatic rings. The first kappa shape index (κ1) is 24.2. The zero-order valence-electron chi connectivity index (χ0n) is 18.1. The molecule has 0 fully saturated rings. The van der Waals surface area contributed by atoms with Gasteiger partial charge in [0.1, 0.15) is 6.04 Å². The van der Waals surface area contributed by atoms with E-state index < -0.39 is 47.9 Å². The largest absolute Gasteiger partial charge is 0.481 e. The molecular formula is C20H23N7O7. The summed E-state index contributed by atoms with van der Waals surface area (Å²) >= 11 is 0. The van der Waals surface area contributed by atoms with E-state index in [4.69, 9.17) is 10.8 Å². The second-order valence-corrected chi connectivity index (χ2v) is 7.62. The number of anilines is 2. The van der Waals surface area contributed by atoms with Gasteiger partial charge in [0, 0.05) is 31.3 Å². The number of carboxylic acid groups (broad SMARTS) is 2. The van der Waals surface area contributed by atoms with E-state index in [1.54, 1.807) is 19.2 Å². The molecule has 2 aromatic rings. The van der Waals surface area contributed by atoms with Gasteiger partial charge in [0.05, 0.1) is 12.6 Å². The molecule has 3 rings (SSSR count). The summed E-state index contributed by atoms with van der Waals surface area (Å²) in [6.45, 7) is 0.442. The van der Waals surface area contributed by atoms with E-state index in [9.17, 15) is 29.1 Å². The number of carbonyl (C=O) groups is 4. The van der Waals surface area contributed by atoms with Crippen molar-refractivity contribution in [3.63, 3.8) is 0 Å². The van der Waals surface area contributed by atoms with Crippen LogP contribution in [0.3, 0.4) is 0 Å². The molecule has 14 heteroatoms. The van der Waals surface area contributed by atoms with Crippen molar-refractivity contribution in [2.75, 3.05) is 24.6 Å². The minimum absolute atomic E-state index is 0.0744. The normalized spacial score (nSPS) is 15.9. The van der Waals surface area contributed by atoms with Crippen LogP contribution in [0.4, 0.5) is 11.6 Å². The Morgan fingerprint density at radius 2 is 1.85 bits per heavy atom. The topological polar surface area (TPSA) is 210 Å². The van der Waals surface area contributed by atoms with Gasteiger partial charge in [-0.05, 0) is 30.7 Å². The molecule has 2 atom stereocenters. The number of nitrogens with zero attached hydrogens (tertiary/aromatic N) is 4. The van der Waals surface area contributed by atoms with Gasteiger partial charge in [-0.1, -0.05) is 0 Å². The number of aromatic nitrogens is 3. The molecule has 0 saturated heterocycles. The molecule has 0 aliphatic carbocycles. The Morgan fingerprint density at radius 1 is 1.18 bits per heavy atom. The molecule has 1 aliphatic heterocycles. The minimum atomic E-state index is -1.33. The molecule has 180 valence electrons. The lowest BCUT2D eigenvalue weighted by Gasteiger charge is -2.33. The number of hydrogen-bond acceptors (Lipinski definition) is 9. The molecule has 14 nitrogen and oxygen atoms in total. The average Bonchev–Trinajstić information content (AvgIpc) is 2.78. The van der Waals surface area contributed by atoms with E-state index in [0.717, 1.165) is 0 Å². The third kappa shape index (κ3) is 5.46. The standard InChI is InChI=1S/C20H23N7O7/c1-26-12(9-27-15(17(26)31)24-19(21)25-20(27)34)8-22-11-4-2-10(3-5-11)16(30)23-13(18(32)33)6-7-14(28)29/h2-5,12-13,22H,6-9H2,1H3,(H,23,30)(H,28,29)(H,32,33)(H2,21,25,34)/t12-,13-/m0/s1/i6+1,7+1,13+1,14+1,18+1. The Bertz CT molecular complexity index is 1180. The van der Waals surface area contributed by atoms with Crippen LogP contribution in [0.15, 0.2) is 29.1 Å². The maximum atomic E-state index is 12.6. The highest BCUT2D eigenvalue weighted by Gasteiger charge is 2.32. The Labute approximate surface area is 192 Å². The van der Waals surface area contributed by atoms with Crippen molar-refractivity contribution in [1.82, 2.24) is 24.8 Å². The minimum Gasteiger partial charge on any atom is -0.481 e. The highest BCUT2D eigenvalue weighted by atomic mass is 16.5. The van der Waals surface area contributed by atoms with Gasteiger partial charge >= 0.3 is 17.6 Å². The molecule has 1 aromatic carbocycles. The molecule has 6 N–H and O–H groups in total. The summed E-state index contributed by atoms with van der Waals surface area (Å²) in [5.41, 5.74) is 5.60. The Balaban J connectivity index is 1.62. The number of fused-ring (bicyclic) bond motifs is 1. The van der Waals surface area contributed by atoms with E-state index in [1.165, 1.54) is 21.6 Å². The van der Waals surface area contributed by atoms with E-state index >= 15 is 0 Å². The number of nitrogens with two attached hydrogens (primary N) is 1. The summed E-state index contributed by atoms with van der Waals surface area (Å²) < 4.78 is 1.17. The van der Waals surface area contributed by atoms with Crippen molar-refractivity contribution in [3.8, 4) is 0 Å². The molecule has 0 radical (unpaired) electrons. The number of aliphatic carboxylic acids is 2. The van der Waals surface area contributed by atoms with Gasteiger partial charge in [0.25, 0.3) is 11.8 Å². The zero-order chi connectivity index (χ0) is 25.0. The van der Waals surface area contributed by atoms with Crippen LogP contribution >= 0.6 is 0 Å². The fraction of sp³-hybridized carbons (Fsp3) is 0.350. The highest BCUT2D eigenvalue weighted by Crippen LogP contribution is 2.15. The van der Waals surface area contributed by atoms with Crippen LogP contribution < -0.4 is 22.1 Å². The molecule has 0 spiro atoms. The molecule has 1 aromatic heterocycles. The van der Waals surface area contributed by atoms with Gasteiger partial charge in [-0.25, -0.2) is 9.59 Å². The van der Waals surface area contributed by atoms with Crippen molar-refractivity contribution >= 4 is 35.4 Å². The number of nitrogen functional groups attached to an aromatic ring is 1. The summed E-state index contributed by atoms with van der Waals surface area (Å²) in [5.74, 6) is -3.95. The van der Waals surface area contributed by atoms with E-state index in [1.807, 2.05) is 0 Å². The smallest absolute Gasteiger partial charge is 0.352 e. The number of hydrogen-bond donors (Lipinski definition) is 5. The molecule has 2 heterocycles. The fourth-order valence-electron chi connectivity index (χ4n) is 3.37. The van der Waals surface area contributed by atoms with E-state index in [0.29, 0.717) is 5.69 Å². The zero-order valence-corrected chi connectivity index (χ0v) is 18.1. The van der Waals surface area contributed by atoms with Crippen molar-refractivity contribution in [3.05, 3.63) is 46.1 Å². The van der Waals surface area contributed by atoms with Crippen molar-refractivity contribution in [2.24, 2.45) is 0 Å². The number of rotatable bonds is 9. The number of nitrogens with one attached hydrogen (secondary N) is 2. The summed E-state index contributed by atoms with van der Waals surface area (Å²) in [6.07, 6.45) is -0.637. The summed E-state index contributed by atoms with van der Waals surface area (Å²) in [4.78, 5) is 67.7. The van der Waals surface area contributed by atoms with Crippen LogP contribution in [0.1, 0.15) is 33.8 Å². The molecular weight excluding hydrogens is 455 g/mol. The van der Waals surface area contributed by atoms with Gasteiger partial charge in [-0.2, -0.15) is 9.97 Å². The number of amides is 2. The predicted octanol–water partition coefficient (Wildman–Crippen LogP) is -1.17. The number of carboxylic acids is 2. The van der Waals surface area contributed by atoms with Crippen LogP contribution in [0.5, 0.6) is 0 Å². The van der Waals surface area contributed by atoms with Crippen LogP contribution in [-0.2, 0) is 16.1 Å². The molecule has 34 heavy (non-hydrogen) atoms. The Hall–Kier alpha value is -4.49. The van der Waals surface area contributed by atoms with Crippen molar-refractivity contribution in [2.45, 2.75) is 31.5 Å². The van der Waals surface area contributed by atoms with Gasteiger partial charge in [-0.15, -0.1) is 0 Å². The van der Waals surface area contributed by atoms with Crippen LogP contribution in [0.25, 0.3) is 0 Å². The van der Waals surface area contributed by atoms with Crippen LogP contribution in [0.2, 0.25) is 0 Å². The molecule has 2 amide bonds. The van der Waals surface area contributed by atoms with E-state index in [-0.39, 0.29) is 36.8 Å². The summed E-state index contributed by atoms with van der Waals surface area (Å²) in [7, 11) is 1.58. The summed E-state index contributed by atoms with van der Waals surface area (Å²) in [5, 5.41) is 23.3. The van der Waals surface area contributed by atoms with Gasteiger partial charge in [0.2, 0.25) is 11.8 Å². The van der Waals surface area contributed by atoms with Crippen molar-refractivity contribution < 1.29 is 29.4 Å².